The van der Waals surface area contributed by atoms with Crippen LogP contribution in [0.5, 0.6) is 5.75 Å². The summed E-state index contributed by atoms with van der Waals surface area (Å²) in [7, 11) is 1.61. The second-order valence-corrected chi connectivity index (χ2v) is 7.30. The molecule has 0 radical (unpaired) electrons. The highest BCUT2D eigenvalue weighted by Crippen LogP contribution is 2.37. The maximum atomic E-state index is 12.8. The van der Waals surface area contributed by atoms with Crippen molar-refractivity contribution in [3.05, 3.63) is 53.8 Å². The topological polar surface area (TPSA) is 78.3 Å². The highest BCUT2D eigenvalue weighted by molar-refractivity contribution is 7.99. The summed E-state index contributed by atoms with van der Waals surface area (Å²) in [6.07, 6.45) is 2.57. The summed E-state index contributed by atoms with van der Waals surface area (Å²) in [6.45, 7) is 7.70. The summed E-state index contributed by atoms with van der Waals surface area (Å²) in [6, 6.07) is 7.13. The number of fused-ring (bicyclic) bond motifs is 1. The summed E-state index contributed by atoms with van der Waals surface area (Å²) in [5.41, 5.74) is 2.04. The third kappa shape index (κ3) is 4.06. The van der Waals surface area contributed by atoms with E-state index in [4.69, 9.17) is 9.47 Å². The zero-order valence-corrected chi connectivity index (χ0v) is 17.1. The molecule has 3 rings (SSSR count). The van der Waals surface area contributed by atoms with E-state index in [0.717, 1.165) is 17.7 Å². The van der Waals surface area contributed by atoms with Gasteiger partial charge in [0.25, 0.3) is 0 Å². The van der Waals surface area contributed by atoms with Gasteiger partial charge in [-0.1, -0.05) is 43.5 Å². The van der Waals surface area contributed by atoms with E-state index in [9.17, 15) is 4.79 Å². The van der Waals surface area contributed by atoms with Gasteiger partial charge in [0.2, 0.25) is 11.1 Å². The zero-order valence-electron chi connectivity index (χ0n) is 16.3. The van der Waals surface area contributed by atoms with E-state index in [1.807, 2.05) is 31.2 Å². The molecule has 8 heteroatoms. The predicted octanol–water partition coefficient (Wildman–Crippen LogP) is 3.81. The molecule has 0 fully saturated rings. The molecule has 7 nitrogen and oxygen atoms in total. The number of nitrogens with zero attached hydrogens (tertiary/aromatic N) is 3. The number of hydrogen-bond acceptors (Lipinski definition) is 7. The van der Waals surface area contributed by atoms with Gasteiger partial charge in [-0.3, -0.25) is 0 Å². The number of carbonyl (C=O) groups is 1. The number of benzene rings is 1. The molecular formula is C20H24N4O3S. The van der Waals surface area contributed by atoms with Crippen molar-refractivity contribution in [3.8, 4) is 5.75 Å². The molecule has 1 aliphatic heterocycles. The molecule has 1 aromatic carbocycles. The van der Waals surface area contributed by atoms with Gasteiger partial charge >= 0.3 is 5.97 Å². The van der Waals surface area contributed by atoms with Gasteiger partial charge in [-0.25, -0.2) is 9.48 Å². The van der Waals surface area contributed by atoms with Crippen molar-refractivity contribution in [2.45, 2.75) is 31.5 Å². The quantitative estimate of drug-likeness (QED) is 0.410. The van der Waals surface area contributed by atoms with Crippen LogP contribution in [0.25, 0.3) is 0 Å². The smallest absolute Gasteiger partial charge is 0.338 e. The highest BCUT2D eigenvalue weighted by atomic mass is 32.2. The molecule has 1 aliphatic rings. The van der Waals surface area contributed by atoms with E-state index < -0.39 is 12.0 Å². The van der Waals surface area contributed by atoms with Crippen LogP contribution in [0.4, 0.5) is 5.95 Å². The van der Waals surface area contributed by atoms with E-state index in [1.165, 1.54) is 0 Å². The van der Waals surface area contributed by atoms with E-state index in [1.54, 1.807) is 29.6 Å². The van der Waals surface area contributed by atoms with Crippen LogP contribution in [-0.2, 0) is 9.53 Å². The standard InChI is InChI=1S/C20H24N4O3S/c1-5-10-27-18(25)16-13(3)21-19-22-20(28-11-6-2)23-24(19)17(16)14-8-7-9-15(12-14)26-4/h5,7-9,12,17H,1,6,10-11H2,2-4H3,(H,21,22,23). The Morgan fingerprint density at radius 3 is 3.00 bits per heavy atom. The molecule has 0 bridgehead atoms. The molecule has 148 valence electrons. The Morgan fingerprint density at radius 2 is 2.29 bits per heavy atom. The molecule has 1 N–H and O–H groups in total. The first-order valence-corrected chi connectivity index (χ1v) is 10.1. The summed E-state index contributed by atoms with van der Waals surface area (Å²) in [5.74, 6) is 1.81. The second-order valence-electron chi connectivity index (χ2n) is 6.24. The van der Waals surface area contributed by atoms with Gasteiger partial charge in [-0.2, -0.15) is 4.98 Å². The molecule has 2 heterocycles. The van der Waals surface area contributed by atoms with Gasteiger partial charge < -0.3 is 14.8 Å². The first kappa shape index (κ1) is 20.0. The molecule has 1 unspecified atom stereocenters. The van der Waals surface area contributed by atoms with Crippen molar-refractivity contribution in [2.75, 3.05) is 24.8 Å². The fourth-order valence-corrected chi connectivity index (χ4v) is 3.67. The number of carbonyl (C=O) groups excluding carboxylic acids is 1. The van der Waals surface area contributed by atoms with Gasteiger partial charge in [0.15, 0.2) is 0 Å². The molecule has 2 aromatic rings. The molecule has 1 atom stereocenters. The molecule has 1 aromatic heterocycles. The Bertz CT molecular complexity index is 907. The predicted molar refractivity (Wildman–Crippen MR) is 110 cm³/mol. The lowest BCUT2D eigenvalue weighted by Gasteiger charge is -2.28. The number of hydrogen-bond donors (Lipinski definition) is 1. The van der Waals surface area contributed by atoms with Gasteiger partial charge in [0.05, 0.1) is 12.7 Å². The minimum absolute atomic E-state index is 0.141. The number of rotatable bonds is 8. The number of thioether (sulfide) groups is 1. The van der Waals surface area contributed by atoms with Crippen LogP contribution in [0.3, 0.4) is 0 Å². The maximum absolute atomic E-state index is 12.8. The van der Waals surface area contributed by atoms with E-state index >= 15 is 0 Å². The van der Waals surface area contributed by atoms with Gasteiger partial charge in [-0.15, -0.1) is 5.10 Å². The number of esters is 1. The number of allylic oxidation sites excluding steroid dienone is 1. The van der Waals surface area contributed by atoms with Crippen LogP contribution in [0.15, 0.2) is 53.3 Å². The Labute approximate surface area is 168 Å². The minimum Gasteiger partial charge on any atom is -0.497 e. The summed E-state index contributed by atoms with van der Waals surface area (Å²) >= 11 is 1.59. The number of anilines is 1. The third-order valence-electron chi connectivity index (χ3n) is 4.23. The maximum Gasteiger partial charge on any atom is 0.338 e. The zero-order chi connectivity index (χ0) is 20.1. The molecule has 0 amide bonds. The van der Waals surface area contributed by atoms with Crippen LogP contribution < -0.4 is 10.1 Å². The van der Waals surface area contributed by atoms with Gasteiger partial charge in [0.1, 0.15) is 18.4 Å². The molecule has 0 saturated carbocycles. The van der Waals surface area contributed by atoms with E-state index in [2.05, 4.69) is 28.9 Å². The average molecular weight is 401 g/mol. The monoisotopic (exact) mass is 400 g/mol. The summed E-state index contributed by atoms with van der Waals surface area (Å²) in [5, 5.41) is 8.51. The van der Waals surface area contributed by atoms with Crippen molar-refractivity contribution in [2.24, 2.45) is 0 Å². The average Bonchev–Trinajstić information content (AvgIpc) is 3.11. The Morgan fingerprint density at radius 1 is 1.46 bits per heavy atom. The fourth-order valence-electron chi connectivity index (χ4n) is 2.98. The Balaban J connectivity index is 2.08. The molecular weight excluding hydrogens is 376 g/mol. The van der Waals surface area contributed by atoms with Gasteiger partial charge in [0, 0.05) is 11.4 Å². The summed E-state index contributed by atoms with van der Waals surface area (Å²) < 4.78 is 12.5. The SMILES string of the molecule is C=CCOC(=O)C1=C(C)Nc2nc(SCCC)nn2C1c1cccc(OC)c1. The van der Waals surface area contributed by atoms with E-state index in [0.29, 0.717) is 28.1 Å². The van der Waals surface area contributed by atoms with Crippen LogP contribution in [0.2, 0.25) is 0 Å². The van der Waals surface area contributed by atoms with Crippen LogP contribution in [-0.4, -0.2) is 40.2 Å². The largest absolute Gasteiger partial charge is 0.497 e. The van der Waals surface area contributed by atoms with Crippen LogP contribution >= 0.6 is 11.8 Å². The minimum atomic E-state index is -0.466. The number of ether oxygens (including phenoxy) is 2. The lowest BCUT2D eigenvalue weighted by molar-refractivity contribution is -0.138. The van der Waals surface area contributed by atoms with Crippen molar-refractivity contribution >= 4 is 23.7 Å². The Kier molecular flexibility index (Phi) is 6.41. The number of nitrogens with one attached hydrogen (secondary N) is 1. The lowest BCUT2D eigenvalue weighted by Crippen LogP contribution is -2.29. The van der Waals surface area contributed by atoms with E-state index in [-0.39, 0.29) is 6.61 Å². The van der Waals surface area contributed by atoms with Gasteiger partial charge in [-0.05, 0) is 31.0 Å². The van der Waals surface area contributed by atoms with Crippen molar-refractivity contribution in [1.29, 1.82) is 0 Å². The van der Waals surface area contributed by atoms with Crippen LogP contribution in [0, 0.1) is 0 Å². The second kappa shape index (κ2) is 8.97. The lowest BCUT2D eigenvalue weighted by atomic mass is 9.95. The molecule has 28 heavy (non-hydrogen) atoms. The van der Waals surface area contributed by atoms with Crippen molar-refractivity contribution in [3.63, 3.8) is 0 Å². The normalized spacial score (nSPS) is 15.6. The first-order chi connectivity index (χ1) is 13.6. The number of aromatic nitrogens is 3. The summed E-state index contributed by atoms with van der Waals surface area (Å²) in [4.78, 5) is 17.4. The van der Waals surface area contributed by atoms with Crippen molar-refractivity contribution in [1.82, 2.24) is 14.8 Å². The number of methoxy groups -OCH3 is 1. The highest BCUT2D eigenvalue weighted by Gasteiger charge is 2.35. The molecule has 0 aliphatic carbocycles. The molecule has 0 saturated heterocycles. The first-order valence-electron chi connectivity index (χ1n) is 9.08. The Hall–Kier alpha value is -2.74. The van der Waals surface area contributed by atoms with Crippen molar-refractivity contribution < 1.29 is 14.3 Å². The van der Waals surface area contributed by atoms with Crippen LogP contribution in [0.1, 0.15) is 31.9 Å². The third-order valence-corrected chi connectivity index (χ3v) is 5.27. The fraction of sp³-hybridized carbons (Fsp3) is 0.350. The molecule has 0 spiro atoms.